The van der Waals surface area contributed by atoms with Gasteiger partial charge in [-0.25, -0.2) is 0 Å². The van der Waals surface area contributed by atoms with Crippen molar-refractivity contribution in [1.29, 1.82) is 0 Å². The van der Waals surface area contributed by atoms with Crippen molar-refractivity contribution in [1.82, 2.24) is 4.90 Å². The Labute approximate surface area is 164 Å². The van der Waals surface area contributed by atoms with Crippen LogP contribution in [0.1, 0.15) is 15.9 Å². The Kier molecular flexibility index (Phi) is 5.80. The third-order valence-corrected chi connectivity index (χ3v) is 5.34. The van der Waals surface area contributed by atoms with E-state index in [1.54, 1.807) is 29.2 Å². The molecule has 2 aromatic rings. The molecule has 0 atom stereocenters. The Morgan fingerprint density at radius 3 is 2.85 bits per heavy atom. The third kappa shape index (κ3) is 4.17. The van der Waals surface area contributed by atoms with Crippen LogP contribution in [0.2, 0.25) is 10.0 Å². The third-order valence-electron chi connectivity index (χ3n) is 3.69. The molecule has 9 heteroatoms. The number of hydrogen-bond donors (Lipinski definition) is 0. The molecule has 2 aromatic carbocycles. The highest BCUT2D eigenvalue weighted by molar-refractivity contribution is 8.13. The van der Waals surface area contributed by atoms with Crippen LogP contribution in [-0.4, -0.2) is 34.0 Å². The summed E-state index contributed by atoms with van der Waals surface area (Å²) in [6.07, 6.45) is 0. The molecule has 0 spiro atoms. The van der Waals surface area contributed by atoms with Crippen molar-refractivity contribution in [3.05, 3.63) is 73.8 Å². The molecule has 3 rings (SSSR count). The highest BCUT2D eigenvalue weighted by Gasteiger charge is 2.26. The molecule has 0 saturated carbocycles. The number of nitro groups is 1. The topological polar surface area (TPSA) is 75.8 Å². The first-order valence-corrected chi connectivity index (χ1v) is 9.37. The molecule has 0 aliphatic carbocycles. The molecule has 1 amide bonds. The summed E-state index contributed by atoms with van der Waals surface area (Å²) in [4.78, 5) is 29.1. The van der Waals surface area contributed by atoms with Gasteiger partial charge < -0.3 is 0 Å². The molecule has 0 N–H and O–H groups in total. The highest BCUT2D eigenvalue weighted by Crippen LogP contribution is 2.26. The van der Waals surface area contributed by atoms with E-state index in [0.717, 1.165) is 5.56 Å². The summed E-state index contributed by atoms with van der Waals surface area (Å²) in [5.41, 5.74) is 1.15. The summed E-state index contributed by atoms with van der Waals surface area (Å²) in [7, 11) is 0. The zero-order valence-electron chi connectivity index (χ0n) is 13.4. The minimum Gasteiger partial charge on any atom is -0.286 e. The molecule has 1 aliphatic heterocycles. The Hall–Kier alpha value is -2.09. The van der Waals surface area contributed by atoms with Gasteiger partial charge in [-0.2, -0.15) is 0 Å². The van der Waals surface area contributed by atoms with Crippen molar-refractivity contribution in [2.24, 2.45) is 4.99 Å². The maximum atomic E-state index is 12.8. The van der Waals surface area contributed by atoms with E-state index in [1.165, 1.54) is 30.0 Å². The van der Waals surface area contributed by atoms with Gasteiger partial charge in [0.25, 0.3) is 11.6 Å². The lowest BCUT2D eigenvalue weighted by atomic mass is 10.2. The van der Waals surface area contributed by atoms with Crippen molar-refractivity contribution in [3.8, 4) is 0 Å². The van der Waals surface area contributed by atoms with Crippen molar-refractivity contribution in [2.75, 3.05) is 13.1 Å². The molecule has 0 saturated heterocycles. The number of nitrogens with zero attached hydrogens (tertiary/aromatic N) is 3. The molecule has 26 heavy (non-hydrogen) atoms. The molecule has 1 heterocycles. The van der Waals surface area contributed by atoms with Crippen LogP contribution in [0.4, 0.5) is 5.69 Å². The normalized spacial score (nSPS) is 13.6. The van der Waals surface area contributed by atoms with Gasteiger partial charge in [0.05, 0.1) is 22.1 Å². The number of carbonyl (C=O) groups excluding carboxylic acids is 1. The molecule has 6 nitrogen and oxygen atoms in total. The first-order valence-electron chi connectivity index (χ1n) is 7.63. The highest BCUT2D eigenvalue weighted by atomic mass is 35.5. The fourth-order valence-corrected chi connectivity index (χ4v) is 3.81. The predicted octanol–water partition coefficient (Wildman–Crippen LogP) is 4.65. The van der Waals surface area contributed by atoms with Gasteiger partial charge in [-0.3, -0.25) is 24.8 Å². The van der Waals surface area contributed by atoms with Crippen LogP contribution in [0.15, 0.2) is 47.5 Å². The van der Waals surface area contributed by atoms with E-state index >= 15 is 0 Å². The Morgan fingerprint density at radius 1 is 1.27 bits per heavy atom. The summed E-state index contributed by atoms with van der Waals surface area (Å²) >= 11 is 13.4. The number of non-ortho nitro benzene ring substituents is 1. The maximum absolute atomic E-state index is 12.8. The maximum Gasteiger partial charge on any atom is 0.269 e. The Bertz CT molecular complexity index is 905. The van der Waals surface area contributed by atoms with E-state index in [9.17, 15) is 14.9 Å². The summed E-state index contributed by atoms with van der Waals surface area (Å²) in [5, 5.41) is 12.2. The second-order valence-corrected chi connectivity index (χ2v) is 7.25. The van der Waals surface area contributed by atoms with Gasteiger partial charge in [0.15, 0.2) is 5.17 Å². The lowest BCUT2D eigenvalue weighted by Crippen LogP contribution is -2.33. The number of hydrogen-bond acceptors (Lipinski definition) is 5. The number of nitro benzene ring substituents is 1. The SMILES string of the molecule is O=C(c1cc(Cl)ccc1Cl)N1CCN=C1SCc1cccc([N+](=O)[O-])c1. The minimum atomic E-state index is -0.432. The molecule has 0 bridgehead atoms. The van der Waals surface area contributed by atoms with E-state index in [-0.39, 0.29) is 11.6 Å². The second-order valence-electron chi connectivity index (χ2n) is 5.46. The van der Waals surface area contributed by atoms with Crippen molar-refractivity contribution in [2.45, 2.75) is 5.75 Å². The molecule has 134 valence electrons. The van der Waals surface area contributed by atoms with Crippen LogP contribution in [0.5, 0.6) is 0 Å². The second kappa shape index (κ2) is 8.07. The summed E-state index contributed by atoms with van der Waals surface area (Å²) in [6.45, 7) is 0.958. The lowest BCUT2D eigenvalue weighted by Gasteiger charge is -2.18. The summed E-state index contributed by atoms with van der Waals surface area (Å²) in [5.74, 6) is 0.202. The first-order chi connectivity index (χ1) is 12.5. The monoisotopic (exact) mass is 409 g/mol. The van der Waals surface area contributed by atoms with Gasteiger partial charge in [0.2, 0.25) is 0 Å². The van der Waals surface area contributed by atoms with E-state index in [0.29, 0.717) is 39.6 Å². The number of halogens is 2. The largest absolute Gasteiger partial charge is 0.286 e. The smallest absolute Gasteiger partial charge is 0.269 e. The lowest BCUT2D eigenvalue weighted by molar-refractivity contribution is -0.384. The van der Waals surface area contributed by atoms with Crippen LogP contribution in [-0.2, 0) is 5.75 Å². The Morgan fingerprint density at radius 2 is 2.08 bits per heavy atom. The van der Waals surface area contributed by atoms with Gasteiger partial charge in [0.1, 0.15) is 0 Å². The number of aliphatic imine (C=N–C) groups is 1. The number of benzene rings is 2. The predicted molar refractivity (Wildman–Crippen MR) is 104 cm³/mol. The quantitative estimate of drug-likeness (QED) is 0.543. The van der Waals surface area contributed by atoms with Gasteiger partial charge in [-0.1, -0.05) is 47.1 Å². The average Bonchev–Trinajstić information content (AvgIpc) is 3.10. The van der Waals surface area contributed by atoms with Crippen molar-refractivity contribution >= 4 is 51.7 Å². The van der Waals surface area contributed by atoms with E-state index in [4.69, 9.17) is 23.2 Å². The van der Waals surface area contributed by atoms with Crippen LogP contribution in [0, 0.1) is 10.1 Å². The standard InChI is InChI=1S/C17H13Cl2N3O3S/c18-12-4-5-15(19)14(9-12)16(23)21-7-6-20-17(21)26-10-11-2-1-3-13(8-11)22(24)25/h1-5,8-9H,6-7,10H2. The van der Waals surface area contributed by atoms with Crippen LogP contribution in [0.3, 0.4) is 0 Å². The average molecular weight is 410 g/mol. The molecular weight excluding hydrogens is 397 g/mol. The number of amidine groups is 1. The van der Waals surface area contributed by atoms with Gasteiger partial charge in [-0.15, -0.1) is 0 Å². The molecule has 0 radical (unpaired) electrons. The number of amides is 1. The zero-order chi connectivity index (χ0) is 18.7. The molecular formula is C17H13Cl2N3O3S. The summed E-state index contributed by atoms with van der Waals surface area (Å²) < 4.78 is 0. The van der Waals surface area contributed by atoms with E-state index in [1.807, 2.05) is 0 Å². The van der Waals surface area contributed by atoms with Crippen LogP contribution >= 0.6 is 35.0 Å². The van der Waals surface area contributed by atoms with E-state index < -0.39 is 4.92 Å². The molecule has 0 unspecified atom stereocenters. The van der Waals surface area contributed by atoms with Crippen LogP contribution in [0.25, 0.3) is 0 Å². The van der Waals surface area contributed by atoms with Crippen molar-refractivity contribution in [3.63, 3.8) is 0 Å². The zero-order valence-corrected chi connectivity index (χ0v) is 15.7. The van der Waals surface area contributed by atoms with E-state index in [2.05, 4.69) is 4.99 Å². The molecule has 0 fully saturated rings. The van der Waals surface area contributed by atoms with Crippen LogP contribution < -0.4 is 0 Å². The molecule has 1 aliphatic rings. The summed E-state index contributed by atoms with van der Waals surface area (Å²) in [6, 6.07) is 11.1. The fourth-order valence-electron chi connectivity index (χ4n) is 2.45. The van der Waals surface area contributed by atoms with Gasteiger partial charge >= 0.3 is 0 Å². The minimum absolute atomic E-state index is 0.0371. The van der Waals surface area contributed by atoms with Gasteiger partial charge in [-0.05, 0) is 23.8 Å². The fraction of sp³-hybridized carbons (Fsp3) is 0.176. The van der Waals surface area contributed by atoms with Crippen molar-refractivity contribution < 1.29 is 9.72 Å². The number of carbonyl (C=O) groups is 1. The Balaban J connectivity index is 1.72. The number of rotatable bonds is 4. The van der Waals surface area contributed by atoms with Gasteiger partial charge in [0, 0.05) is 29.5 Å². The molecule has 0 aromatic heterocycles. The number of thioether (sulfide) groups is 1. The first kappa shape index (κ1) is 18.7.